The van der Waals surface area contributed by atoms with Crippen LogP contribution in [0.4, 0.5) is 4.39 Å². The molecule has 0 aliphatic carbocycles. The third kappa shape index (κ3) is 1.80. The molecule has 0 spiro atoms. The molecular weight excluding hydrogens is 195 g/mol. The number of carbonyl (C=O) groups excluding carboxylic acids is 1. The summed E-state index contributed by atoms with van der Waals surface area (Å²) in [5.41, 5.74) is 0.374. The van der Waals surface area contributed by atoms with E-state index in [1.165, 1.54) is 13.2 Å². The van der Waals surface area contributed by atoms with Gasteiger partial charge >= 0.3 is 0 Å². The molecule has 0 aliphatic rings. The number of rotatable bonds is 2. The van der Waals surface area contributed by atoms with Crippen molar-refractivity contribution in [2.24, 2.45) is 0 Å². The predicted octanol–water partition coefficient (Wildman–Crippen LogP) is 2.52. The Hall–Kier alpha value is -1.09. The summed E-state index contributed by atoms with van der Waals surface area (Å²) in [7, 11) is 1.33. The van der Waals surface area contributed by atoms with E-state index in [9.17, 15) is 9.18 Å². The van der Waals surface area contributed by atoms with Crippen LogP contribution in [0.2, 0.25) is 0 Å². The molecule has 2 nitrogen and oxygen atoms in total. The Morgan fingerprint density at radius 3 is 2.62 bits per heavy atom. The van der Waals surface area contributed by atoms with Gasteiger partial charge in [-0.05, 0) is 30.2 Å². The second-order valence-corrected chi connectivity index (χ2v) is 2.89. The number of halogens is 2. The third-order valence-electron chi connectivity index (χ3n) is 1.73. The summed E-state index contributed by atoms with van der Waals surface area (Å²) in [6.07, 6.45) is 0. The summed E-state index contributed by atoms with van der Waals surface area (Å²) >= 11 is 5.21. The van der Waals surface area contributed by atoms with Crippen molar-refractivity contribution >= 4 is 16.8 Å². The standard InChI is InChI=1S/C9H8ClFO2/c1-5-3-4-6(13-2)8(11)7(5)9(10)12/h3-4H,1-2H3. The summed E-state index contributed by atoms with van der Waals surface area (Å²) in [4.78, 5) is 10.8. The van der Waals surface area contributed by atoms with E-state index in [-0.39, 0.29) is 11.3 Å². The fourth-order valence-electron chi connectivity index (χ4n) is 1.05. The molecule has 70 valence electrons. The molecule has 13 heavy (non-hydrogen) atoms. The summed E-state index contributed by atoms with van der Waals surface area (Å²) in [6.45, 7) is 1.61. The van der Waals surface area contributed by atoms with Crippen LogP contribution in [-0.2, 0) is 0 Å². The molecule has 0 amide bonds. The van der Waals surface area contributed by atoms with Gasteiger partial charge in [0.25, 0.3) is 5.24 Å². The lowest BCUT2D eigenvalue weighted by molar-refractivity contribution is 0.107. The Balaban J connectivity index is 3.38. The Bertz CT molecular complexity index is 350. The van der Waals surface area contributed by atoms with Gasteiger partial charge in [0.2, 0.25) is 0 Å². The lowest BCUT2D eigenvalue weighted by atomic mass is 10.1. The highest BCUT2D eigenvalue weighted by molar-refractivity contribution is 6.68. The van der Waals surface area contributed by atoms with Crippen molar-refractivity contribution in [2.45, 2.75) is 6.92 Å². The first kappa shape index (κ1) is 9.99. The van der Waals surface area contributed by atoms with Gasteiger partial charge < -0.3 is 4.74 Å². The third-order valence-corrected chi connectivity index (χ3v) is 1.92. The Labute approximate surface area is 80.3 Å². The fourth-order valence-corrected chi connectivity index (χ4v) is 1.28. The molecule has 0 heterocycles. The molecule has 0 atom stereocenters. The van der Waals surface area contributed by atoms with Crippen LogP contribution < -0.4 is 4.74 Å². The minimum absolute atomic E-state index is 0.0228. The fraction of sp³-hybridized carbons (Fsp3) is 0.222. The molecule has 0 aromatic heterocycles. The number of hydrogen-bond acceptors (Lipinski definition) is 2. The van der Waals surface area contributed by atoms with E-state index in [0.29, 0.717) is 5.56 Å². The number of benzene rings is 1. The maximum Gasteiger partial charge on any atom is 0.255 e. The highest BCUT2D eigenvalue weighted by Crippen LogP contribution is 2.24. The summed E-state index contributed by atoms with van der Waals surface area (Å²) in [5, 5.41) is -0.811. The van der Waals surface area contributed by atoms with Gasteiger partial charge in [-0.3, -0.25) is 4.79 Å². The average Bonchev–Trinajstić information content (AvgIpc) is 2.04. The molecule has 4 heteroatoms. The lowest BCUT2D eigenvalue weighted by Crippen LogP contribution is -2.00. The van der Waals surface area contributed by atoms with Crippen LogP contribution in [0.5, 0.6) is 5.75 Å². The van der Waals surface area contributed by atoms with Crippen molar-refractivity contribution in [3.63, 3.8) is 0 Å². The molecule has 0 saturated heterocycles. The van der Waals surface area contributed by atoms with E-state index in [0.717, 1.165) is 0 Å². The quantitative estimate of drug-likeness (QED) is 0.689. The van der Waals surface area contributed by atoms with E-state index >= 15 is 0 Å². The van der Waals surface area contributed by atoms with E-state index in [4.69, 9.17) is 16.3 Å². The predicted molar refractivity (Wildman–Crippen MR) is 47.9 cm³/mol. The summed E-state index contributed by atoms with van der Waals surface area (Å²) < 4.78 is 18.1. The molecule has 0 radical (unpaired) electrons. The van der Waals surface area contributed by atoms with Crippen LogP contribution in [0.1, 0.15) is 15.9 Å². The highest BCUT2D eigenvalue weighted by Gasteiger charge is 2.16. The van der Waals surface area contributed by atoms with Gasteiger partial charge in [-0.2, -0.15) is 0 Å². The Kier molecular flexibility index (Phi) is 2.88. The van der Waals surface area contributed by atoms with E-state index in [1.54, 1.807) is 13.0 Å². The van der Waals surface area contributed by atoms with Gasteiger partial charge in [0.1, 0.15) is 0 Å². The van der Waals surface area contributed by atoms with Gasteiger partial charge in [-0.25, -0.2) is 4.39 Å². The molecule has 1 aromatic carbocycles. The first-order valence-corrected chi connectivity index (χ1v) is 3.98. The second-order valence-electron chi connectivity index (χ2n) is 2.55. The minimum Gasteiger partial charge on any atom is -0.494 e. The molecule has 0 aliphatic heterocycles. The largest absolute Gasteiger partial charge is 0.494 e. The molecule has 0 unspecified atom stereocenters. The van der Waals surface area contributed by atoms with Crippen LogP contribution in [0.25, 0.3) is 0 Å². The van der Waals surface area contributed by atoms with Gasteiger partial charge in [0.05, 0.1) is 12.7 Å². The van der Waals surface area contributed by atoms with Crippen LogP contribution in [-0.4, -0.2) is 12.4 Å². The van der Waals surface area contributed by atoms with Gasteiger partial charge in [-0.1, -0.05) is 6.07 Å². The zero-order chi connectivity index (χ0) is 10.0. The first-order valence-electron chi connectivity index (χ1n) is 3.61. The first-order chi connectivity index (χ1) is 6.07. The topological polar surface area (TPSA) is 26.3 Å². The van der Waals surface area contributed by atoms with E-state index in [1.807, 2.05) is 0 Å². The van der Waals surface area contributed by atoms with Gasteiger partial charge in [-0.15, -0.1) is 0 Å². The van der Waals surface area contributed by atoms with Gasteiger partial charge in [0, 0.05) is 0 Å². The van der Waals surface area contributed by atoms with Crippen molar-refractivity contribution in [1.82, 2.24) is 0 Å². The van der Waals surface area contributed by atoms with E-state index in [2.05, 4.69) is 0 Å². The molecule has 0 saturated carbocycles. The van der Waals surface area contributed by atoms with Crippen LogP contribution in [0.3, 0.4) is 0 Å². The summed E-state index contributed by atoms with van der Waals surface area (Å²) in [6, 6.07) is 3.03. The van der Waals surface area contributed by atoms with Crippen molar-refractivity contribution in [3.8, 4) is 5.75 Å². The summed E-state index contributed by atoms with van der Waals surface area (Å²) in [5.74, 6) is -0.683. The molecule has 1 aromatic rings. The van der Waals surface area contributed by atoms with Gasteiger partial charge in [0.15, 0.2) is 11.6 Å². The molecule has 0 N–H and O–H groups in total. The second kappa shape index (κ2) is 3.75. The SMILES string of the molecule is COc1ccc(C)c(C(=O)Cl)c1F. The van der Waals surface area contributed by atoms with Crippen molar-refractivity contribution in [1.29, 1.82) is 0 Å². The monoisotopic (exact) mass is 202 g/mol. The van der Waals surface area contributed by atoms with Crippen LogP contribution in [0, 0.1) is 12.7 Å². The maximum absolute atomic E-state index is 13.4. The molecule has 1 rings (SSSR count). The number of ether oxygens (including phenoxy) is 1. The van der Waals surface area contributed by atoms with Crippen LogP contribution >= 0.6 is 11.6 Å². The number of aryl methyl sites for hydroxylation is 1. The zero-order valence-corrected chi connectivity index (χ0v) is 7.98. The van der Waals surface area contributed by atoms with E-state index < -0.39 is 11.1 Å². The zero-order valence-electron chi connectivity index (χ0n) is 7.23. The average molecular weight is 203 g/mol. The smallest absolute Gasteiger partial charge is 0.255 e. The lowest BCUT2D eigenvalue weighted by Gasteiger charge is -2.06. The van der Waals surface area contributed by atoms with Crippen LogP contribution in [0.15, 0.2) is 12.1 Å². The highest BCUT2D eigenvalue weighted by atomic mass is 35.5. The molecular formula is C9H8ClFO2. The minimum atomic E-state index is -0.811. The Morgan fingerprint density at radius 2 is 2.15 bits per heavy atom. The number of methoxy groups -OCH3 is 1. The molecule has 0 fully saturated rings. The Morgan fingerprint density at radius 1 is 1.54 bits per heavy atom. The van der Waals surface area contributed by atoms with Crippen molar-refractivity contribution in [3.05, 3.63) is 29.1 Å². The number of carbonyl (C=O) groups is 1. The number of hydrogen-bond donors (Lipinski definition) is 0. The normalized spacial score (nSPS) is 9.85. The van der Waals surface area contributed by atoms with Crippen molar-refractivity contribution < 1.29 is 13.9 Å². The molecule has 0 bridgehead atoms. The van der Waals surface area contributed by atoms with Crippen molar-refractivity contribution in [2.75, 3.05) is 7.11 Å². The maximum atomic E-state index is 13.4.